The maximum atomic E-state index is 9.59. The van der Waals surface area contributed by atoms with Gasteiger partial charge in [0.1, 0.15) is 11.5 Å². The summed E-state index contributed by atoms with van der Waals surface area (Å²) < 4.78 is 5.04. The molecule has 0 unspecified atom stereocenters. The first-order chi connectivity index (χ1) is 6.07. The molecule has 3 nitrogen and oxygen atoms in total. The molecule has 3 N–H and O–H groups in total. The molecule has 13 heavy (non-hydrogen) atoms. The van der Waals surface area contributed by atoms with E-state index in [9.17, 15) is 5.11 Å². The van der Waals surface area contributed by atoms with Crippen molar-refractivity contribution < 1.29 is 9.84 Å². The van der Waals surface area contributed by atoms with Gasteiger partial charge in [0, 0.05) is 6.04 Å². The molecule has 1 atom stereocenters. The summed E-state index contributed by atoms with van der Waals surface area (Å²) in [5, 5.41) is 9.87. The number of ether oxygens (including phenoxy) is 1. The Balaban J connectivity index is 3.32. The molecule has 0 fully saturated rings. The van der Waals surface area contributed by atoms with Gasteiger partial charge in [-0.25, -0.2) is 0 Å². The molecule has 0 saturated heterocycles. The topological polar surface area (TPSA) is 55.5 Å². The first kappa shape index (κ1) is 10.2. The zero-order valence-corrected chi connectivity index (χ0v) is 8.30. The van der Waals surface area contributed by atoms with Gasteiger partial charge >= 0.3 is 0 Å². The summed E-state index contributed by atoms with van der Waals surface area (Å²) in [5.41, 5.74) is 6.20. The van der Waals surface area contributed by atoms with Crippen molar-refractivity contribution in [2.45, 2.75) is 13.0 Å². The van der Waals surface area contributed by atoms with Crippen molar-refractivity contribution in [3.63, 3.8) is 0 Å². The van der Waals surface area contributed by atoms with Crippen LogP contribution in [-0.4, -0.2) is 12.2 Å². The van der Waals surface area contributed by atoms with E-state index in [1.165, 1.54) is 7.11 Å². The number of methoxy groups -OCH3 is 1. The Morgan fingerprint density at radius 1 is 1.54 bits per heavy atom. The molecule has 0 amide bonds. The summed E-state index contributed by atoms with van der Waals surface area (Å²) in [4.78, 5) is 0. The summed E-state index contributed by atoms with van der Waals surface area (Å²) >= 11 is 5.73. The highest BCUT2D eigenvalue weighted by Crippen LogP contribution is 2.37. The second-order valence-electron chi connectivity index (χ2n) is 2.80. The largest absolute Gasteiger partial charge is 0.506 e. The van der Waals surface area contributed by atoms with Gasteiger partial charge in [-0.15, -0.1) is 0 Å². The monoisotopic (exact) mass is 201 g/mol. The highest BCUT2D eigenvalue weighted by molar-refractivity contribution is 6.32. The van der Waals surface area contributed by atoms with E-state index in [2.05, 4.69) is 0 Å². The van der Waals surface area contributed by atoms with Crippen LogP contribution in [0.3, 0.4) is 0 Å². The third kappa shape index (κ3) is 1.87. The van der Waals surface area contributed by atoms with Crippen molar-refractivity contribution in [2.75, 3.05) is 7.11 Å². The Bertz CT molecular complexity index is 313. The Labute approximate surface area is 82.1 Å². The quantitative estimate of drug-likeness (QED) is 0.770. The first-order valence-corrected chi connectivity index (χ1v) is 4.26. The van der Waals surface area contributed by atoms with Gasteiger partial charge in [0.05, 0.1) is 17.7 Å². The lowest BCUT2D eigenvalue weighted by molar-refractivity contribution is 0.395. The van der Waals surface area contributed by atoms with Crippen LogP contribution in [0.5, 0.6) is 11.5 Å². The first-order valence-electron chi connectivity index (χ1n) is 3.89. The highest BCUT2D eigenvalue weighted by Gasteiger charge is 2.15. The van der Waals surface area contributed by atoms with Crippen LogP contribution >= 0.6 is 11.6 Å². The minimum atomic E-state index is -0.311. The maximum Gasteiger partial charge on any atom is 0.142 e. The van der Waals surface area contributed by atoms with Crippen LogP contribution in [0.15, 0.2) is 12.1 Å². The Hall–Kier alpha value is -0.930. The van der Waals surface area contributed by atoms with Gasteiger partial charge < -0.3 is 15.6 Å². The molecule has 1 aromatic carbocycles. The van der Waals surface area contributed by atoms with Gasteiger partial charge in [0.25, 0.3) is 0 Å². The number of aromatic hydroxyl groups is 1. The molecule has 1 aromatic rings. The van der Waals surface area contributed by atoms with Gasteiger partial charge in [0.2, 0.25) is 0 Å². The second-order valence-corrected chi connectivity index (χ2v) is 3.21. The molecule has 0 aliphatic rings. The predicted octanol–water partition coefficient (Wildman–Crippen LogP) is 2.07. The molecule has 72 valence electrons. The van der Waals surface area contributed by atoms with Crippen molar-refractivity contribution >= 4 is 11.6 Å². The van der Waals surface area contributed by atoms with Crippen molar-refractivity contribution in [2.24, 2.45) is 5.73 Å². The van der Waals surface area contributed by atoms with E-state index in [1.54, 1.807) is 19.1 Å². The lowest BCUT2D eigenvalue weighted by Crippen LogP contribution is -2.07. The number of halogens is 1. The molecule has 0 heterocycles. The Kier molecular flexibility index (Phi) is 3.01. The molecule has 0 radical (unpaired) electrons. The van der Waals surface area contributed by atoms with E-state index in [-0.39, 0.29) is 16.8 Å². The molecule has 0 aliphatic carbocycles. The zero-order valence-electron chi connectivity index (χ0n) is 7.54. The molecule has 0 bridgehead atoms. The third-order valence-electron chi connectivity index (χ3n) is 1.80. The molecule has 1 rings (SSSR count). The SMILES string of the molecule is COc1ccc(Cl)c(O)c1[C@H](C)N. The fraction of sp³-hybridized carbons (Fsp3) is 0.333. The van der Waals surface area contributed by atoms with Crippen molar-refractivity contribution in [3.05, 3.63) is 22.7 Å². The summed E-state index contributed by atoms with van der Waals surface area (Å²) in [7, 11) is 1.52. The number of phenolic OH excluding ortho intramolecular Hbond substituents is 1. The van der Waals surface area contributed by atoms with Gasteiger partial charge in [-0.1, -0.05) is 11.6 Å². The van der Waals surface area contributed by atoms with E-state index >= 15 is 0 Å². The smallest absolute Gasteiger partial charge is 0.142 e. The third-order valence-corrected chi connectivity index (χ3v) is 2.11. The fourth-order valence-corrected chi connectivity index (χ4v) is 1.35. The number of benzene rings is 1. The van der Waals surface area contributed by atoms with Crippen LogP contribution in [0.25, 0.3) is 0 Å². The highest BCUT2D eigenvalue weighted by atomic mass is 35.5. The zero-order chi connectivity index (χ0) is 10.0. The van der Waals surface area contributed by atoms with Crippen molar-refractivity contribution in [3.8, 4) is 11.5 Å². The maximum absolute atomic E-state index is 9.59. The molecular weight excluding hydrogens is 190 g/mol. The number of hydrogen-bond acceptors (Lipinski definition) is 3. The normalized spacial score (nSPS) is 12.6. The Morgan fingerprint density at radius 2 is 2.15 bits per heavy atom. The van der Waals surface area contributed by atoms with E-state index in [0.29, 0.717) is 11.3 Å². The summed E-state index contributed by atoms with van der Waals surface area (Å²) in [5.74, 6) is 0.549. The van der Waals surface area contributed by atoms with Crippen molar-refractivity contribution in [1.29, 1.82) is 0 Å². The van der Waals surface area contributed by atoms with E-state index in [1.807, 2.05) is 0 Å². The predicted molar refractivity (Wildman–Crippen MR) is 52.3 cm³/mol. The Morgan fingerprint density at radius 3 is 2.62 bits per heavy atom. The number of nitrogens with two attached hydrogens (primary N) is 1. The van der Waals surface area contributed by atoms with Crippen LogP contribution in [0, 0.1) is 0 Å². The van der Waals surface area contributed by atoms with E-state index in [4.69, 9.17) is 22.1 Å². The second kappa shape index (κ2) is 3.85. The molecule has 0 aliphatic heterocycles. The summed E-state index contributed by atoms with van der Waals surface area (Å²) in [6.45, 7) is 1.76. The van der Waals surface area contributed by atoms with Gasteiger partial charge in [-0.2, -0.15) is 0 Å². The van der Waals surface area contributed by atoms with Crippen LogP contribution in [0.2, 0.25) is 5.02 Å². The number of hydrogen-bond donors (Lipinski definition) is 2. The van der Waals surface area contributed by atoms with Crippen LogP contribution in [0.4, 0.5) is 0 Å². The molecule has 0 saturated carbocycles. The minimum absolute atomic E-state index is 0.00369. The van der Waals surface area contributed by atoms with E-state index in [0.717, 1.165) is 0 Å². The molecule has 0 aromatic heterocycles. The standard InChI is InChI=1S/C9H12ClNO2/c1-5(11)8-7(13-2)4-3-6(10)9(8)12/h3-5,12H,11H2,1-2H3/t5-/m0/s1. The molecule has 0 spiro atoms. The summed E-state index contributed by atoms with van der Waals surface area (Å²) in [6, 6.07) is 2.94. The fourth-order valence-electron chi connectivity index (χ4n) is 1.18. The van der Waals surface area contributed by atoms with Crippen LogP contribution < -0.4 is 10.5 Å². The van der Waals surface area contributed by atoms with Gasteiger partial charge in [0.15, 0.2) is 0 Å². The van der Waals surface area contributed by atoms with E-state index < -0.39 is 0 Å². The minimum Gasteiger partial charge on any atom is -0.506 e. The van der Waals surface area contributed by atoms with Crippen LogP contribution in [0.1, 0.15) is 18.5 Å². The van der Waals surface area contributed by atoms with Crippen LogP contribution in [-0.2, 0) is 0 Å². The average molecular weight is 202 g/mol. The average Bonchev–Trinajstić information content (AvgIpc) is 2.08. The molecular formula is C9H12ClNO2. The van der Waals surface area contributed by atoms with Gasteiger partial charge in [-0.05, 0) is 19.1 Å². The number of rotatable bonds is 2. The lowest BCUT2D eigenvalue weighted by Gasteiger charge is -2.13. The number of phenols is 1. The summed E-state index contributed by atoms with van der Waals surface area (Å²) in [6.07, 6.45) is 0. The lowest BCUT2D eigenvalue weighted by atomic mass is 10.1. The van der Waals surface area contributed by atoms with Crippen molar-refractivity contribution in [1.82, 2.24) is 0 Å². The molecule has 4 heteroatoms. The van der Waals surface area contributed by atoms with Gasteiger partial charge in [-0.3, -0.25) is 0 Å².